The molecule has 0 aliphatic heterocycles. The van der Waals surface area contributed by atoms with Gasteiger partial charge in [0.1, 0.15) is 5.69 Å². The molecular formula is C10H7BrClN3O. The second kappa shape index (κ2) is 4.76. The average Bonchev–Trinajstić information content (AvgIpc) is 2.29. The Hall–Kier alpha value is -1.20. The van der Waals surface area contributed by atoms with E-state index in [0.29, 0.717) is 17.2 Å². The highest BCUT2D eigenvalue weighted by atomic mass is 79.9. The van der Waals surface area contributed by atoms with E-state index in [-0.39, 0.29) is 11.4 Å². The molecule has 0 aromatic carbocycles. The molecule has 0 unspecified atom stereocenters. The first-order valence-corrected chi connectivity index (χ1v) is 5.80. The van der Waals surface area contributed by atoms with E-state index in [4.69, 9.17) is 11.6 Å². The van der Waals surface area contributed by atoms with Crippen molar-refractivity contribution in [2.24, 2.45) is 0 Å². The third-order valence-electron chi connectivity index (χ3n) is 1.90. The Labute approximate surface area is 105 Å². The number of nitrogens with zero attached hydrogens (tertiary/aromatic N) is 2. The van der Waals surface area contributed by atoms with Gasteiger partial charge in [0.15, 0.2) is 5.82 Å². The molecule has 6 heteroatoms. The maximum absolute atomic E-state index is 11.3. The number of H-pyrrole nitrogens is 1. The van der Waals surface area contributed by atoms with Crippen LogP contribution in [0, 0.1) is 0 Å². The van der Waals surface area contributed by atoms with Gasteiger partial charge in [-0.3, -0.25) is 9.78 Å². The number of pyridine rings is 1. The van der Waals surface area contributed by atoms with Gasteiger partial charge in [0.2, 0.25) is 0 Å². The van der Waals surface area contributed by atoms with Crippen LogP contribution in [0.5, 0.6) is 0 Å². The van der Waals surface area contributed by atoms with Crippen LogP contribution in [-0.4, -0.2) is 15.0 Å². The molecule has 0 aliphatic carbocycles. The van der Waals surface area contributed by atoms with Gasteiger partial charge in [-0.2, -0.15) is 0 Å². The van der Waals surface area contributed by atoms with E-state index in [1.54, 1.807) is 12.3 Å². The molecule has 0 spiro atoms. The molecule has 2 aromatic rings. The van der Waals surface area contributed by atoms with Crippen molar-refractivity contribution in [1.82, 2.24) is 15.0 Å². The number of rotatable bonds is 2. The van der Waals surface area contributed by atoms with Crippen LogP contribution < -0.4 is 5.56 Å². The van der Waals surface area contributed by atoms with Crippen molar-refractivity contribution in [1.29, 1.82) is 0 Å². The van der Waals surface area contributed by atoms with Crippen LogP contribution in [0.15, 0.2) is 33.7 Å². The average molecular weight is 301 g/mol. The zero-order chi connectivity index (χ0) is 11.5. The standard InChI is InChI=1S/C10H7BrClN3O/c11-6-1-2-8(13-5-6)10-14-7(4-12)3-9(16)15-10/h1-3,5H,4H2,(H,14,15,16). The molecule has 0 amide bonds. The normalized spacial score (nSPS) is 10.4. The fraction of sp³-hybridized carbons (Fsp3) is 0.100. The second-order valence-corrected chi connectivity index (χ2v) is 4.26. The summed E-state index contributed by atoms with van der Waals surface area (Å²) in [6, 6.07) is 4.96. The number of nitrogens with one attached hydrogen (secondary N) is 1. The molecule has 0 saturated carbocycles. The van der Waals surface area contributed by atoms with Crippen molar-refractivity contribution in [2.75, 3.05) is 0 Å². The lowest BCUT2D eigenvalue weighted by molar-refractivity contribution is 1.04. The SMILES string of the molecule is O=c1cc(CCl)nc(-c2ccc(Br)cn2)[nH]1. The van der Waals surface area contributed by atoms with Crippen molar-refractivity contribution in [3.63, 3.8) is 0 Å². The molecule has 0 radical (unpaired) electrons. The largest absolute Gasteiger partial charge is 0.305 e. The Balaban J connectivity index is 2.51. The highest BCUT2D eigenvalue weighted by Gasteiger charge is 2.04. The first kappa shape index (κ1) is 11.3. The molecule has 0 bridgehead atoms. The summed E-state index contributed by atoms with van der Waals surface area (Å²) in [5, 5.41) is 0. The fourth-order valence-electron chi connectivity index (χ4n) is 1.21. The number of alkyl halides is 1. The second-order valence-electron chi connectivity index (χ2n) is 3.08. The van der Waals surface area contributed by atoms with Gasteiger partial charge in [-0.1, -0.05) is 0 Å². The van der Waals surface area contributed by atoms with Gasteiger partial charge in [0.05, 0.1) is 11.6 Å². The van der Waals surface area contributed by atoms with Crippen LogP contribution in [0.25, 0.3) is 11.5 Å². The molecule has 2 rings (SSSR count). The third kappa shape index (κ3) is 2.48. The van der Waals surface area contributed by atoms with Crippen LogP contribution in [0.4, 0.5) is 0 Å². The molecule has 4 nitrogen and oxygen atoms in total. The maximum Gasteiger partial charge on any atom is 0.251 e. The van der Waals surface area contributed by atoms with Crippen molar-refractivity contribution in [3.05, 3.63) is 44.9 Å². The zero-order valence-corrected chi connectivity index (χ0v) is 10.4. The number of hydrogen-bond acceptors (Lipinski definition) is 3. The Bertz CT molecular complexity index is 553. The molecule has 82 valence electrons. The van der Waals surface area contributed by atoms with Gasteiger partial charge in [-0.25, -0.2) is 4.98 Å². The summed E-state index contributed by atoms with van der Waals surface area (Å²) in [5.41, 5.74) is 0.905. The Morgan fingerprint density at radius 3 is 2.88 bits per heavy atom. The molecule has 0 atom stereocenters. The van der Waals surface area contributed by atoms with E-state index in [1.807, 2.05) is 6.07 Å². The highest BCUT2D eigenvalue weighted by Crippen LogP contribution is 2.14. The van der Waals surface area contributed by atoms with Crippen LogP contribution in [0.3, 0.4) is 0 Å². The van der Waals surface area contributed by atoms with Crippen molar-refractivity contribution >= 4 is 27.5 Å². The first-order valence-electron chi connectivity index (χ1n) is 4.47. The summed E-state index contributed by atoms with van der Waals surface area (Å²) >= 11 is 8.93. The minimum Gasteiger partial charge on any atom is -0.305 e. The molecule has 0 fully saturated rings. The smallest absolute Gasteiger partial charge is 0.251 e. The minimum absolute atomic E-state index is 0.202. The maximum atomic E-state index is 11.3. The molecule has 0 saturated heterocycles. The Morgan fingerprint density at radius 1 is 1.44 bits per heavy atom. The summed E-state index contributed by atoms with van der Waals surface area (Å²) < 4.78 is 0.868. The fourth-order valence-corrected chi connectivity index (χ4v) is 1.59. The monoisotopic (exact) mass is 299 g/mol. The topological polar surface area (TPSA) is 58.6 Å². The predicted octanol–water partition coefficient (Wildman–Crippen LogP) is 2.33. The third-order valence-corrected chi connectivity index (χ3v) is 2.64. The van der Waals surface area contributed by atoms with Gasteiger partial charge in [-0.05, 0) is 28.1 Å². The summed E-state index contributed by atoms with van der Waals surface area (Å²) in [6.07, 6.45) is 1.64. The minimum atomic E-state index is -0.231. The van der Waals surface area contributed by atoms with Crippen LogP contribution in [-0.2, 0) is 5.88 Å². The first-order chi connectivity index (χ1) is 7.69. The zero-order valence-electron chi connectivity index (χ0n) is 8.08. The van der Waals surface area contributed by atoms with Gasteiger partial charge in [-0.15, -0.1) is 11.6 Å². The van der Waals surface area contributed by atoms with E-state index in [0.717, 1.165) is 4.47 Å². The Morgan fingerprint density at radius 2 is 2.25 bits per heavy atom. The van der Waals surface area contributed by atoms with E-state index in [2.05, 4.69) is 30.9 Å². The van der Waals surface area contributed by atoms with Gasteiger partial charge in [0, 0.05) is 16.7 Å². The van der Waals surface area contributed by atoms with Crippen LogP contribution in [0.1, 0.15) is 5.69 Å². The lowest BCUT2D eigenvalue weighted by Crippen LogP contribution is -2.10. The van der Waals surface area contributed by atoms with E-state index in [1.165, 1.54) is 6.07 Å². The van der Waals surface area contributed by atoms with Crippen LogP contribution >= 0.6 is 27.5 Å². The summed E-state index contributed by atoms with van der Waals surface area (Å²) in [6.45, 7) is 0. The molecule has 16 heavy (non-hydrogen) atoms. The molecule has 2 aromatic heterocycles. The summed E-state index contributed by atoms with van der Waals surface area (Å²) in [7, 11) is 0. The lowest BCUT2D eigenvalue weighted by Gasteiger charge is -2.01. The van der Waals surface area contributed by atoms with E-state index < -0.39 is 0 Å². The lowest BCUT2D eigenvalue weighted by atomic mass is 10.3. The highest BCUT2D eigenvalue weighted by molar-refractivity contribution is 9.10. The molecule has 2 heterocycles. The molecule has 0 aliphatic rings. The Kier molecular flexibility index (Phi) is 3.36. The number of aromatic amines is 1. The number of aromatic nitrogens is 3. The van der Waals surface area contributed by atoms with Gasteiger partial charge in [0.25, 0.3) is 5.56 Å². The summed E-state index contributed by atoms with van der Waals surface area (Å²) in [5.74, 6) is 0.628. The van der Waals surface area contributed by atoms with Crippen molar-refractivity contribution in [2.45, 2.75) is 5.88 Å². The predicted molar refractivity (Wildman–Crippen MR) is 65.3 cm³/mol. The van der Waals surface area contributed by atoms with Gasteiger partial charge < -0.3 is 4.98 Å². The summed E-state index contributed by atoms with van der Waals surface area (Å²) in [4.78, 5) is 22.3. The van der Waals surface area contributed by atoms with Crippen molar-refractivity contribution < 1.29 is 0 Å². The molecule has 1 N–H and O–H groups in total. The van der Waals surface area contributed by atoms with Crippen LogP contribution in [0.2, 0.25) is 0 Å². The number of halogens is 2. The number of hydrogen-bond donors (Lipinski definition) is 1. The molecular weight excluding hydrogens is 293 g/mol. The van der Waals surface area contributed by atoms with E-state index >= 15 is 0 Å². The van der Waals surface area contributed by atoms with Crippen molar-refractivity contribution in [3.8, 4) is 11.5 Å². The van der Waals surface area contributed by atoms with Gasteiger partial charge >= 0.3 is 0 Å². The quantitative estimate of drug-likeness (QED) is 0.866. The van der Waals surface area contributed by atoms with E-state index in [9.17, 15) is 4.79 Å².